The van der Waals surface area contributed by atoms with Crippen LogP contribution in [0.4, 0.5) is 18.9 Å². The number of anilines is 1. The predicted molar refractivity (Wildman–Crippen MR) is 158 cm³/mol. The first-order valence-corrected chi connectivity index (χ1v) is 13.7. The van der Waals surface area contributed by atoms with Crippen LogP contribution >= 0.6 is 23.2 Å². The van der Waals surface area contributed by atoms with Crippen molar-refractivity contribution in [1.82, 2.24) is 14.7 Å². The van der Waals surface area contributed by atoms with Gasteiger partial charge in [-0.3, -0.25) is 4.79 Å². The summed E-state index contributed by atoms with van der Waals surface area (Å²) in [4.78, 5) is 29.4. The lowest BCUT2D eigenvalue weighted by Crippen LogP contribution is -2.43. The molecule has 3 aromatic carbocycles. The number of aliphatic carboxylic acids is 1. The Morgan fingerprint density at radius 1 is 0.977 bits per heavy atom. The molecule has 43 heavy (non-hydrogen) atoms. The van der Waals surface area contributed by atoms with E-state index in [4.69, 9.17) is 23.2 Å². The molecular weight excluding hydrogens is 604 g/mol. The van der Waals surface area contributed by atoms with Gasteiger partial charge in [-0.1, -0.05) is 53.5 Å². The molecule has 5 aromatic rings. The van der Waals surface area contributed by atoms with Gasteiger partial charge in [0.1, 0.15) is 34.7 Å². The van der Waals surface area contributed by atoms with Crippen LogP contribution in [-0.2, 0) is 11.2 Å². The molecule has 0 fully saturated rings. The molecule has 2 aromatic heterocycles. The van der Waals surface area contributed by atoms with E-state index < -0.39 is 40.9 Å². The molecule has 12 heteroatoms. The largest absolute Gasteiger partial charge is 0.480 e. The number of carbonyl (C=O) groups is 2. The van der Waals surface area contributed by atoms with Crippen molar-refractivity contribution in [2.24, 2.45) is 0 Å². The standard InChI is InChI=1S/C31H23Cl2F3N4O3/c1-16(17-5-3-2-4-6-17)38-19-13-24(35)28(25(36)14-19)30(41)39-26(31(42)43)15-20-7-8-21(29-37-9-10-40(20)29)27-22(32)11-18(34)12-23(27)33/h2-14,16,26,38H,15H2,1H3,(H,39,41)(H,42,43)/t16-,26-/m0/s1. The van der Waals surface area contributed by atoms with Crippen molar-refractivity contribution in [3.63, 3.8) is 0 Å². The highest BCUT2D eigenvalue weighted by Crippen LogP contribution is 2.37. The Balaban J connectivity index is 1.38. The lowest BCUT2D eigenvalue weighted by Gasteiger charge is -2.19. The first kappa shape index (κ1) is 29.9. The predicted octanol–water partition coefficient (Wildman–Crippen LogP) is 7.32. The third-order valence-corrected chi connectivity index (χ3v) is 7.47. The van der Waals surface area contributed by atoms with Gasteiger partial charge in [0, 0.05) is 47.4 Å². The fourth-order valence-electron chi connectivity index (χ4n) is 4.82. The minimum Gasteiger partial charge on any atom is -0.480 e. The molecule has 2 atom stereocenters. The van der Waals surface area contributed by atoms with E-state index in [1.54, 1.807) is 22.7 Å². The molecule has 0 saturated heterocycles. The summed E-state index contributed by atoms with van der Waals surface area (Å²) in [5, 5.41) is 15.2. The van der Waals surface area contributed by atoms with E-state index in [2.05, 4.69) is 15.6 Å². The van der Waals surface area contributed by atoms with Crippen LogP contribution in [0.25, 0.3) is 16.8 Å². The van der Waals surface area contributed by atoms with E-state index in [1.807, 2.05) is 37.3 Å². The van der Waals surface area contributed by atoms with Crippen LogP contribution in [0.3, 0.4) is 0 Å². The van der Waals surface area contributed by atoms with Crippen LogP contribution in [0.1, 0.15) is 34.6 Å². The Kier molecular flexibility index (Phi) is 8.61. The number of carbonyl (C=O) groups excluding carboxylic acids is 1. The molecule has 5 rings (SSSR count). The lowest BCUT2D eigenvalue weighted by atomic mass is 10.0. The Labute approximate surface area is 253 Å². The molecule has 2 heterocycles. The number of hydrogen-bond donors (Lipinski definition) is 3. The highest BCUT2D eigenvalue weighted by molar-refractivity contribution is 6.39. The van der Waals surface area contributed by atoms with Crippen molar-refractivity contribution in [3.8, 4) is 11.1 Å². The Bertz CT molecular complexity index is 1800. The number of nitrogens with one attached hydrogen (secondary N) is 2. The van der Waals surface area contributed by atoms with Crippen molar-refractivity contribution < 1.29 is 27.9 Å². The Morgan fingerprint density at radius 2 is 1.63 bits per heavy atom. The van der Waals surface area contributed by atoms with E-state index in [1.165, 1.54) is 6.20 Å². The van der Waals surface area contributed by atoms with Gasteiger partial charge < -0.3 is 20.1 Å². The van der Waals surface area contributed by atoms with Crippen molar-refractivity contribution in [2.45, 2.75) is 25.4 Å². The third kappa shape index (κ3) is 6.30. The van der Waals surface area contributed by atoms with Crippen molar-refractivity contribution in [1.29, 1.82) is 0 Å². The summed E-state index contributed by atoms with van der Waals surface area (Å²) in [6.45, 7) is 1.82. The van der Waals surface area contributed by atoms with E-state index in [-0.39, 0.29) is 28.2 Å². The molecule has 220 valence electrons. The molecule has 0 aliphatic carbocycles. The third-order valence-electron chi connectivity index (χ3n) is 6.88. The number of fused-ring (bicyclic) bond motifs is 1. The second-order valence-corrected chi connectivity index (χ2v) is 10.6. The number of benzene rings is 3. The van der Waals surface area contributed by atoms with Gasteiger partial charge in [-0.25, -0.2) is 22.9 Å². The van der Waals surface area contributed by atoms with E-state index in [0.29, 0.717) is 22.5 Å². The molecule has 7 nitrogen and oxygen atoms in total. The van der Waals surface area contributed by atoms with Gasteiger partial charge in [0.05, 0.1) is 10.0 Å². The number of amides is 1. The second kappa shape index (κ2) is 12.4. The molecule has 0 radical (unpaired) electrons. The molecule has 3 N–H and O–H groups in total. The van der Waals surface area contributed by atoms with Gasteiger partial charge in [-0.2, -0.15) is 0 Å². The number of imidazole rings is 1. The van der Waals surface area contributed by atoms with E-state index >= 15 is 8.78 Å². The molecule has 0 aliphatic rings. The summed E-state index contributed by atoms with van der Waals surface area (Å²) >= 11 is 12.5. The lowest BCUT2D eigenvalue weighted by molar-refractivity contribution is -0.139. The number of carboxylic acid groups (broad SMARTS) is 1. The fraction of sp³-hybridized carbons (Fsp3) is 0.129. The summed E-state index contributed by atoms with van der Waals surface area (Å²) in [6.07, 6.45) is 2.75. The number of rotatable bonds is 9. The van der Waals surface area contributed by atoms with Gasteiger partial charge in [0.25, 0.3) is 5.91 Å². The van der Waals surface area contributed by atoms with Crippen LogP contribution in [0.5, 0.6) is 0 Å². The zero-order chi connectivity index (χ0) is 30.8. The van der Waals surface area contributed by atoms with Crippen LogP contribution in [0.2, 0.25) is 10.0 Å². The summed E-state index contributed by atoms with van der Waals surface area (Å²) in [6, 6.07) is 14.7. The zero-order valence-electron chi connectivity index (χ0n) is 22.4. The van der Waals surface area contributed by atoms with Gasteiger partial charge >= 0.3 is 5.97 Å². The summed E-state index contributed by atoms with van der Waals surface area (Å²) in [5.41, 5.74) is 1.62. The monoisotopic (exact) mass is 626 g/mol. The van der Waals surface area contributed by atoms with E-state index in [0.717, 1.165) is 29.8 Å². The molecule has 0 saturated carbocycles. The first-order valence-electron chi connectivity index (χ1n) is 13.0. The first-order chi connectivity index (χ1) is 20.5. The van der Waals surface area contributed by atoms with Gasteiger partial charge in [0.15, 0.2) is 0 Å². The van der Waals surface area contributed by atoms with Crippen LogP contribution in [-0.4, -0.2) is 32.4 Å². The number of carboxylic acids is 1. The summed E-state index contributed by atoms with van der Waals surface area (Å²) < 4.78 is 45.3. The van der Waals surface area contributed by atoms with Crippen LogP contribution in [0, 0.1) is 17.5 Å². The van der Waals surface area contributed by atoms with Crippen LogP contribution in [0.15, 0.2) is 79.1 Å². The minimum absolute atomic E-state index is 0.0538. The van der Waals surface area contributed by atoms with Gasteiger partial charge in [0.2, 0.25) is 0 Å². The molecule has 0 bridgehead atoms. The molecule has 0 aliphatic heterocycles. The van der Waals surface area contributed by atoms with Crippen molar-refractivity contribution >= 4 is 46.4 Å². The second-order valence-electron chi connectivity index (χ2n) is 9.76. The molecular formula is C31H23Cl2F3N4O3. The van der Waals surface area contributed by atoms with Gasteiger partial charge in [-0.15, -0.1) is 0 Å². The van der Waals surface area contributed by atoms with E-state index in [9.17, 15) is 19.1 Å². The van der Waals surface area contributed by atoms with Crippen LogP contribution < -0.4 is 10.6 Å². The Hall–Kier alpha value is -4.54. The number of aromatic nitrogens is 2. The minimum atomic E-state index is -1.56. The normalized spacial score (nSPS) is 12.6. The summed E-state index contributed by atoms with van der Waals surface area (Å²) in [5.74, 6) is -5.58. The SMILES string of the molecule is C[C@H](Nc1cc(F)c(C(=O)N[C@@H](Cc2ccc(-c3c(Cl)cc(F)cc3Cl)c3nccn23)C(=O)O)c(F)c1)c1ccccc1. The molecule has 1 amide bonds. The number of nitrogens with zero attached hydrogens (tertiary/aromatic N) is 2. The quantitative estimate of drug-likeness (QED) is 0.159. The number of halogens is 5. The highest BCUT2D eigenvalue weighted by atomic mass is 35.5. The van der Waals surface area contributed by atoms with Crippen molar-refractivity contribution in [2.75, 3.05) is 5.32 Å². The average molecular weight is 627 g/mol. The maximum absolute atomic E-state index is 15.0. The molecule has 0 spiro atoms. The Morgan fingerprint density at radius 3 is 2.26 bits per heavy atom. The zero-order valence-corrected chi connectivity index (χ0v) is 23.9. The number of pyridine rings is 1. The maximum Gasteiger partial charge on any atom is 0.326 e. The topological polar surface area (TPSA) is 95.7 Å². The van der Waals surface area contributed by atoms with Gasteiger partial charge in [-0.05, 0) is 48.9 Å². The smallest absolute Gasteiger partial charge is 0.326 e. The molecule has 0 unspecified atom stereocenters. The average Bonchev–Trinajstić information content (AvgIpc) is 3.44. The summed E-state index contributed by atoms with van der Waals surface area (Å²) in [7, 11) is 0. The fourth-order valence-corrected chi connectivity index (χ4v) is 5.48. The highest BCUT2D eigenvalue weighted by Gasteiger charge is 2.27. The number of hydrogen-bond acceptors (Lipinski definition) is 4. The van der Waals surface area contributed by atoms with Crippen molar-refractivity contribution in [3.05, 3.63) is 123 Å². The maximum atomic E-state index is 15.0.